The van der Waals surface area contributed by atoms with Crippen LogP contribution in [0.1, 0.15) is 75.3 Å². The van der Waals surface area contributed by atoms with Crippen LogP contribution in [0.4, 0.5) is 0 Å². The van der Waals surface area contributed by atoms with E-state index in [1.165, 1.54) is 0 Å². The zero-order valence-corrected chi connectivity index (χ0v) is 31.6. The number of hydrogen-bond donors (Lipinski definition) is 2. The molecule has 4 atom stereocenters. The molecule has 10 nitrogen and oxygen atoms in total. The highest BCUT2D eigenvalue weighted by atomic mass is 16.5. The Labute approximate surface area is 328 Å². The van der Waals surface area contributed by atoms with Gasteiger partial charge in [-0.3, -0.25) is 19.2 Å². The number of hydrogen-bond acceptors (Lipinski definition) is 6. The van der Waals surface area contributed by atoms with Gasteiger partial charge >= 0.3 is 11.9 Å². The maximum absolute atomic E-state index is 14.9. The van der Waals surface area contributed by atoms with Crippen LogP contribution in [0.5, 0.6) is 23.0 Å². The summed E-state index contributed by atoms with van der Waals surface area (Å²) in [6.45, 7) is 0.417. The number of aliphatic carboxylic acids is 2. The van der Waals surface area contributed by atoms with E-state index in [1.54, 1.807) is 9.80 Å². The molecule has 0 radical (unpaired) electrons. The molecule has 0 bridgehead atoms. The fourth-order valence-corrected chi connectivity index (χ4v) is 8.89. The highest BCUT2D eigenvalue weighted by Crippen LogP contribution is 2.50. The van der Waals surface area contributed by atoms with Gasteiger partial charge in [-0.15, -0.1) is 0 Å². The highest BCUT2D eigenvalue weighted by Gasteiger charge is 2.65. The maximum Gasteiger partial charge on any atom is 0.308 e. The van der Waals surface area contributed by atoms with Crippen molar-refractivity contribution in [2.45, 2.75) is 89.4 Å². The smallest absolute Gasteiger partial charge is 0.308 e. The molecule has 7 rings (SSSR count). The number of carbonyl (C=O) groups excluding carboxylic acids is 2. The number of carboxylic acid groups (broad SMARTS) is 2. The van der Waals surface area contributed by atoms with E-state index in [-0.39, 0.29) is 25.2 Å². The van der Waals surface area contributed by atoms with E-state index in [0.29, 0.717) is 23.0 Å². The van der Waals surface area contributed by atoms with Gasteiger partial charge in [0.25, 0.3) is 0 Å². The Morgan fingerprint density at radius 1 is 0.446 bits per heavy atom. The van der Waals surface area contributed by atoms with Crippen molar-refractivity contribution in [1.29, 1.82) is 0 Å². The standard InChI is InChI=1S/C46H50N2O8/c49-43(47(33-13-5-1-6-14-33)29-31-21-25-37(26-22-31)55-35-17-9-3-10-18-35)39-40(42(46(53)54)41(39)45(51)52)44(50)48(34-15-7-2-8-16-34)30-32-23-27-38(28-24-32)56-36-19-11-4-12-20-36/h3-4,9-12,17-28,33-34,39-42H,1-2,5-8,13-16,29-30H2,(H,51,52)(H,53,54). The van der Waals surface area contributed by atoms with Crippen LogP contribution >= 0.6 is 0 Å². The summed E-state index contributed by atoms with van der Waals surface area (Å²) in [6, 6.07) is 33.5. The van der Waals surface area contributed by atoms with Crippen LogP contribution in [0, 0.1) is 23.7 Å². The van der Waals surface area contributed by atoms with Crippen molar-refractivity contribution in [3.05, 3.63) is 120 Å². The number of benzene rings is 4. The summed E-state index contributed by atoms with van der Waals surface area (Å²) in [5.74, 6) is -6.66. The molecule has 0 aromatic heterocycles. The molecular weight excluding hydrogens is 709 g/mol. The predicted octanol–water partition coefficient (Wildman–Crippen LogP) is 8.94. The average molecular weight is 759 g/mol. The third kappa shape index (κ3) is 8.91. The van der Waals surface area contributed by atoms with Crippen molar-refractivity contribution in [3.8, 4) is 23.0 Å². The Morgan fingerprint density at radius 3 is 1.09 bits per heavy atom. The van der Waals surface area contributed by atoms with Gasteiger partial charge in [0.05, 0.1) is 23.7 Å². The maximum atomic E-state index is 14.9. The third-order valence-corrected chi connectivity index (χ3v) is 11.8. The topological polar surface area (TPSA) is 134 Å². The van der Waals surface area contributed by atoms with Gasteiger partial charge in [-0.05, 0) is 85.3 Å². The Balaban J connectivity index is 1.16. The summed E-state index contributed by atoms with van der Waals surface area (Å²) in [5.41, 5.74) is 1.66. The van der Waals surface area contributed by atoms with Crippen LogP contribution in [0.25, 0.3) is 0 Å². The molecule has 3 aliphatic rings. The number of carbonyl (C=O) groups is 4. The molecule has 4 unspecified atom stereocenters. The van der Waals surface area contributed by atoms with Crippen LogP contribution in [-0.4, -0.2) is 55.8 Å². The lowest BCUT2D eigenvalue weighted by molar-refractivity contribution is -0.189. The second-order valence-electron chi connectivity index (χ2n) is 15.4. The van der Waals surface area contributed by atoms with E-state index in [9.17, 15) is 29.4 Å². The lowest BCUT2D eigenvalue weighted by Gasteiger charge is -2.50. The van der Waals surface area contributed by atoms with Gasteiger partial charge in [-0.25, -0.2) is 0 Å². The number of carboxylic acids is 2. The SMILES string of the molecule is O=C(O)C1C(C(=O)O)C(C(=O)N(Cc2ccc(Oc3ccccc3)cc2)C2CCCCC2)C1C(=O)N(Cc1ccc(Oc2ccccc2)cc1)C1CCCCC1. The molecule has 10 heteroatoms. The largest absolute Gasteiger partial charge is 0.481 e. The van der Waals surface area contributed by atoms with Crippen molar-refractivity contribution in [2.75, 3.05) is 0 Å². The van der Waals surface area contributed by atoms with Gasteiger partial charge in [0.2, 0.25) is 11.8 Å². The average Bonchev–Trinajstić information content (AvgIpc) is 3.21. The summed E-state index contributed by atoms with van der Waals surface area (Å²) in [7, 11) is 0. The van der Waals surface area contributed by atoms with Crippen molar-refractivity contribution in [2.24, 2.45) is 23.7 Å². The molecule has 0 heterocycles. The molecule has 3 saturated carbocycles. The Morgan fingerprint density at radius 2 is 0.768 bits per heavy atom. The first-order valence-corrected chi connectivity index (χ1v) is 20.0. The first-order chi connectivity index (χ1) is 27.3. The van der Waals surface area contributed by atoms with Gasteiger partial charge in [0, 0.05) is 25.2 Å². The van der Waals surface area contributed by atoms with Crippen molar-refractivity contribution < 1.29 is 38.9 Å². The fourth-order valence-electron chi connectivity index (χ4n) is 8.89. The highest BCUT2D eigenvalue weighted by molar-refractivity contribution is 6.00. The number of amides is 2. The Bertz CT molecular complexity index is 1800. The predicted molar refractivity (Wildman–Crippen MR) is 210 cm³/mol. The zero-order valence-electron chi connectivity index (χ0n) is 31.6. The molecule has 3 fully saturated rings. The first-order valence-electron chi connectivity index (χ1n) is 20.0. The summed E-state index contributed by atoms with van der Waals surface area (Å²) < 4.78 is 12.0. The third-order valence-electron chi connectivity index (χ3n) is 11.8. The van der Waals surface area contributed by atoms with Crippen LogP contribution in [-0.2, 0) is 32.3 Å². The molecule has 0 spiro atoms. The zero-order chi connectivity index (χ0) is 39.0. The Kier molecular flexibility index (Phi) is 12.3. The first kappa shape index (κ1) is 38.6. The van der Waals surface area contributed by atoms with E-state index in [4.69, 9.17) is 9.47 Å². The van der Waals surface area contributed by atoms with Gasteiger partial charge < -0.3 is 29.5 Å². The van der Waals surface area contributed by atoms with E-state index in [2.05, 4.69) is 0 Å². The molecule has 4 aromatic carbocycles. The van der Waals surface area contributed by atoms with Crippen LogP contribution in [0.15, 0.2) is 109 Å². The summed E-state index contributed by atoms with van der Waals surface area (Å²) in [5, 5.41) is 20.9. The number of para-hydroxylation sites is 2. The molecule has 4 aromatic rings. The molecule has 0 saturated heterocycles. The normalized spacial score (nSPS) is 21.3. The fraction of sp³-hybridized carbons (Fsp3) is 0.391. The molecular formula is C46H50N2O8. The molecule has 0 aliphatic heterocycles. The second kappa shape index (κ2) is 17.9. The lowest BCUT2D eigenvalue weighted by atomic mass is 9.55. The van der Waals surface area contributed by atoms with Crippen LogP contribution in [0.2, 0.25) is 0 Å². The van der Waals surface area contributed by atoms with E-state index < -0.39 is 47.4 Å². The minimum Gasteiger partial charge on any atom is -0.481 e. The monoisotopic (exact) mass is 758 g/mol. The van der Waals surface area contributed by atoms with Crippen LogP contribution < -0.4 is 9.47 Å². The molecule has 2 amide bonds. The lowest BCUT2D eigenvalue weighted by Crippen LogP contribution is -2.65. The number of nitrogens with zero attached hydrogens (tertiary/aromatic N) is 2. The Hall–Kier alpha value is -5.64. The number of rotatable bonds is 14. The van der Waals surface area contributed by atoms with Crippen molar-refractivity contribution in [1.82, 2.24) is 9.80 Å². The molecule has 2 N–H and O–H groups in total. The minimum absolute atomic E-state index is 0.156. The van der Waals surface area contributed by atoms with E-state index in [0.717, 1.165) is 75.3 Å². The molecule has 3 aliphatic carbocycles. The molecule has 292 valence electrons. The van der Waals surface area contributed by atoms with Gasteiger partial charge in [0.15, 0.2) is 0 Å². The summed E-state index contributed by atoms with van der Waals surface area (Å²) >= 11 is 0. The molecule has 56 heavy (non-hydrogen) atoms. The second-order valence-corrected chi connectivity index (χ2v) is 15.4. The van der Waals surface area contributed by atoms with Crippen LogP contribution in [0.3, 0.4) is 0 Å². The van der Waals surface area contributed by atoms with Gasteiger partial charge in [-0.2, -0.15) is 0 Å². The van der Waals surface area contributed by atoms with E-state index >= 15 is 0 Å². The van der Waals surface area contributed by atoms with E-state index in [1.807, 2.05) is 109 Å². The van der Waals surface area contributed by atoms with Crippen molar-refractivity contribution in [3.63, 3.8) is 0 Å². The summed E-state index contributed by atoms with van der Waals surface area (Å²) in [4.78, 5) is 59.1. The quantitative estimate of drug-likeness (QED) is 0.130. The minimum atomic E-state index is -1.52. The van der Waals surface area contributed by atoms with Gasteiger partial charge in [0.1, 0.15) is 23.0 Å². The summed E-state index contributed by atoms with van der Waals surface area (Å²) in [6.07, 6.45) is 8.81. The van der Waals surface area contributed by atoms with Gasteiger partial charge in [-0.1, -0.05) is 99.2 Å². The number of ether oxygens (including phenoxy) is 2. The van der Waals surface area contributed by atoms with Crippen molar-refractivity contribution >= 4 is 23.8 Å².